The molecule has 16 heteroatoms. The van der Waals surface area contributed by atoms with E-state index in [0.29, 0.717) is 47.3 Å². The van der Waals surface area contributed by atoms with E-state index in [-0.39, 0.29) is 140 Å². The van der Waals surface area contributed by atoms with E-state index in [4.69, 9.17) is 92.8 Å². The van der Waals surface area contributed by atoms with Crippen LogP contribution in [0, 0.1) is 94.7 Å². The summed E-state index contributed by atoms with van der Waals surface area (Å²) in [5.41, 5.74) is 0. The molecule has 0 radical (unpaired) electrons. The van der Waals surface area contributed by atoms with Crippen LogP contribution in [0.1, 0.15) is 103 Å². The first-order valence-corrected chi connectivity index (χ1v) is 29.8. The number of hydrogen-bond acceptors (Lipinski definition) is 8. The van der Waals surface area contributed by atoms with Crippen LogP contribution in [0.4, 0.5) is 0 Å². The van der Waals surface area contributed by atoms with Crippen LogP contribution in [0.3, 0.4) is 0 Å². The Morgan fingerprint density at radius 1 is 0.188 bits per heavy atom. The second-order valence-corrected chi connectivity index (χ2v) is 27.8. The van der Waals surface area contributed by atoms with Crippen molar-refractivity contribution in [2.45, 2.75) is 195 Å². The van der Waals surface area contributed by atoms with Gasteiger partial charge in [-0.2, -0.15) is 0 Å². The Labute approximate surface area is 422 Å². The number of rotatable bonds is 0. The lowest BCUT2D eigenvalue weighted by Crippen LogP contribution is -2.62. The van der Waals surface area contributed by atoms with Gasteiger partial charge in [-0.1, -0.05) is 51.4 Å². The molecule has 0 aromatic rings. The summed E-state index contributed by atoms with van der Waals surface area (Å²) in [6.07, 6.45) is 18.3. The van der Waals surface area contributed by atoms with Gasteiger partial charge in [-0.15, -0.1) is 92.8 Å². The fraction of sp³-hybridized carbons (Fsp3) is 1.00. The highest BCUT2D eigenvalue weighted by Crippen LogP contribution is 2.59. The number of halogens is 8. The predicted molar refractivity (Wildman–Crippen MR) is 262 cm³/mol. The molecule has 0 aromatic heterocycles. The zero-order chi connectivity index (χ0) is 43.4. The number of alkyl halides is 8. The average molecular weight is 1040 g/mol. The van der Waals surface area contributed by atoms with Crippen LogP contribution in [-0.2, 0) is 0 Å². The molecule has 8 bridgehead atoms. The summed E-state index contributed by atoms with van der Waals surface area (Å²) in [6.45, 7) is 0. The van der Waals surface area contributed by atoms with E-state index in [1.807, 2.05) is 0 Å². The third kappa shape index (κ3) is 7.04. The molecular weight excluding hydrogens is 972 g/mol. The minimum absolute atomic E-state index is 0.00253. The zero-order valence-corrected chi connectivity index (χ0v) is 42.9. The Kier molecular flexibility index (Phi) is 12.8. The molecule has 0 aromatic carbocycles. The van der Waals surface area contributed by atoms with Crippen molar-refractivity contribution in [2.24, 2.45) is 94.7 Å². The minimum Gasteiger partial charge on any atom is -0.286 e. The second kappa shape index (κ2) is 17.9. The van der Waals surface area contributed by atoms with Crippen molar-refractivity contribution < 1.29 is 0 Å². The summed E-state index contributed by atoms with van der Waals surface area (Å²) >= 11 is 63.2. The van der Waals surface area contributed by atoms with E-state index in [9.17, 15) is 0 Å². The fourth-order valence-electron chi connectivity index (χ4n) is 18.9. The fourth-order valence-corrected chi connectivity index (χ4v) is 23.9. The Morgan fingerprint density at radius 2 is 0.297 bits per heavy atom. The average Bonchev–Trinajstić information content (AvgIpc) is 4.07. The molecule has 0 spiro atoms. The van der Waals surface area contributed by atoms with Crippen LogP contribution in [-0.4, -0.2) is 92.3 Å². The van der Waals surface area contributed by atoms with Gasteiger partial charge in [-0.3, -0.25) is 42.5 Å². The maximum absolute atomic E-state index is 7.90. The van der Waals surface area contributed by atoms with E-state index in [2.05, 4.69) is 42.5 Å². The number of nitrogens with one attached hydrogen (secondary N) is 8. The predicted octanol–water partition coefficient (Wildman–Crippen LogP) is 8.45. The lowest BCUT2D eigenvalue weighted by Gasteiger charge is -2.51. The topological polar surface area (TPSA) is 96.2 Å². The molecule has 64 heavy (non-hydrogen) atoms. The molecule has 0 amide bonds. The summed E-state index contributed by atoms with van der Waals surface area (Å²) < 4.78 is 0. The summed E-state index contributed by atoms with van der Waals surface area (Å²) in [5, 5.41) is 33.9. The lowest BCUT2D eigenvalue weighted by molar-refractivity contribution is 0.0597. The summed E-state index contributed by atoms with van der Waals surface area (Å²) in [6, 6.07) is 0. The maximum atomic E-state index is 7.90. The Balaban J connectivity index is 0.922. The molecule has 24 atom stereocenters. The van der Waals surface area contributed by atoms with E-state index >= 15 is 0 Å². The molecule has 8 aliphatic carbocycles. The van der Waals surface area contributed by atoms with E-state index in [0.717, 1.165) is 51.4 Å². The SMILES string of the molecule is ClC1C2CCCCC2C(Cl)C2C3NC(NC4NC(NC5NC(NC6NC(N3)C3C(Cl)C7CCCCC7C(Cl)C63)C3C(Cl)C6CCCCC6C(Cl)C53)C3C(Cl)C5CCCCC5C(Cl)C43)C12. The quantitative estimate of drug-likeness (QED) is 0.115. The molecule has 8 nitrogen and oxygen atoms in total. The highest BCUT2D eigenvalue weighted by molar-refractivity contribution is 6.25. The van der Waals surface area contributed by atoms with Crippen molar-refractivity contribution in [3.8, 4) is 0 Å². The molecule has 13 fully saturated rings. The third-order valence-electron chi connectivity index (χ3n) is 21.4. The molecule has 360 valence electrons. The van der Waals surface area contributed by atoms with Crippen LogP contribution in [0.5, 0.6) is 0 Å². The Morgan fingerprint density at radius 3 is 0.406 bits per heavy atom. The van der Waals surface area contributed by atoms with E-state index in [1.165, 1.54) is 51.4 Å². The van der Waals surface area contributed by atoms with Crippen LogP contribution in [0.25, 0.3) is 0 Å². The maximum Gasteiger partial charge on any atom is 0.0643 e. The van der Waals surface area contributed by atoms with Gasteiger partial charge in [0.05, 0.1) is 49.3 Å². The normalized spacial score (nSPS) is 63.4. The molecule has 5 saturated heterocycles. The molecule has 5 heterocycles. The number of hydrogen-bond donors (Lipinski definition) is 8. The third-order valence-corrected chi connectivity index (χ3v) is 26.4. The van der Waals surface area contributed by atoms with Gasteiger partial charge in [-0.05, 0) is 98.7 Å². The second-order valence-electron chi connectivity index (χ2n) is 23.8. The number of fused-ring (bicyclic) bond motifs is 24. The smallest absolute Gasteiger partial charge is 0.0643 e. The molecule has 8 N–H and O–H groups in total. The van der Waals surface area contributed by atoms with Crippen molar-refractivity contribution in [1.82, 2.24) is 42.5 Å². The van der Waals surface area contributed by atoms with Gasteiger partial charge in [0.15, 0.2) is 0 Å². The molecule has 5 aliphatic heterocycles. The molecule has 8 saturated carbocycles. The first-order valence-electron chi connectivity index (χ1n) is 26.3. The summed E-state index contributed by atoms with van der Waals surface area (Å²) in [5.74, 6) is 4.14. The molecular formula is C48H72Cl8N8. The first-order chi connectivity index (χ1) is 31.1. The van der Waals surface area contributed by atoms with Crippen molar-refractivity contribution in [3.05, 3.63) is 0 Å². The Bertz CT molecular complexity index is 1370. The standard InChI is InChI=1S/C48H72Cl8N8/c49-33-17-9-1-2-10-18(17)34(50)26-25(33)41-57-42(26)62-44-29-30(38(54)22-14-6-5-13-21(22)37(29)53)46(59-44)64-48-32-31(39(55)23-15-7-8-16-24(23)40(32)56)47(60-48)63-45-28-27(43(58-45)61-41)35(51)19-11-3-4-12-20(19)36(28)52/h17-48,57-64H,1-16H2. The zero-order valence-electron chi connectivity index (χ0n) is 36.8. The lowest BCUT2D eigenvalue weighted by atomic mass is 9.61. The van der Waals surface area contributed by atoms with Crippen molar-refractivity contribution in [2.75, 3.05) is 0 Å². The highest BCUT2D eigenvalue weighted by Gasteiger charge is 2.66. The highest BCUT2D eigenvalue weighted by atomic mass is 35.5. The van der Waals surface area contributed by atoms with Gasteiger partial charge >= 0.3 is 0 Å². The molecule has 24 unspecified atom stereocenters. The van der Waals surface area contributed by atoms with E-state index in [1.54, 1.807) is 0 Å². The van der Waals surface area contributed by atoms with Crippen LogP contribution < -0.4 is 42.5 Å². The van der Waals surface area contributed by atoms with Crippen molar-refractivity contribution >= 4 is 92.8 Å². The van der Waals surface area contributed by atoms with Crippen LogP contribution in [0.15, 0.2) is 0 Å². The molecule has 13 aliphatic rings. The van der Waals surface area contributed by atoms with Gasteiger partial charge in [0.1, 0.15) is 0 Å². The van der Waals surface area contributed by atoms with E-state index < -0.39 is 0 Å². The van der Waals surface area contributed by atoms with Crippen molar-refractivity contribution in [1.29, 1.82) is 0 Å². The summed E-state index contributed by atoms with van der Waals surface area (Å²) in [7, 11) is 0. The van der Waals surface area contributed by atoms with Gasteiger partial charge in [-0.25, -0.2) is 0 Å². The van der Waals surface area contributed by atoms with Gasteiger partial charge in [0, 0.05) is 90.4 Å². The Hall–Kier alpha value is 2.00. The summed E-state index contributed by atoms with van der Waals surface area (Å²) in [4.78, 5) is 0. The van der Waals surface area contributed by atoms with Crippen LogP contribution >= 0.6 is 92.8 Å². The van der Waals surface area contributed by atoms with Gasteiger partial charge in [0.25, 0.3) is 0 Å². The first kappa shape index (κ1) is 45.8. The van der Waals surface area contributed by atoms with Crippen LogP contribution in [0.2, 0.25) is 0 Å². The monoisotopic (exact) mass is 1040 g/mol. The minimum atomic E-state index is -0.0856. The van der Waals surface area contributed by atoms with Gasteiger partial charge in [0.2, 0.25) is 0 Å². The molecule has 13 rings (SSSR count). The largest absolute Gasteiger partial charge is 0.286 e. The van der Waals surface area contributed by atoms with Gasteiger partial charge < -0.3 is 0 Å². The van der Waals surface area contributed by atoms with Crippen molar-refractivity contribution in [3.63, 3.8) is 0 Å².